The number of amides is 1. The van der Waals surface area contributed by atoms with Gasteiger partial charge < -0.3 is 5.32 Å². The highest BCUT2D eigenvalue weighted by atomic mass is 32.1. The average molecular weight is 261 g/mol. The monoisotopic (exact) mass is 261 g/mol. The second-order valence-corrected chi connectivity index (χ2v) is 5.78. The van der Waals surface area contributed by atoms with E-state index in [1.807, 2.05) is 13.0 Å². The Morgan fingerprint density at radius 3 is 3.17 bits per heavy atom. The quantitative estimate of drug-likeness (QED) is 0.891. The summed E-state index contributed by atoms with van der Waals surface area (Å²) < 4.78 is 0. The third-order valence-corrected chi connectivity index (χ3v) is 4.57. The lowest BCUT2D eigenvalue weighted by Gasteiger charge is -2.10. The van der Waals surface area contributed by atoms with E-state index in [1.165, 1.54) is 16.9 Å². The van der Waals surface area contributed by atoms with E-state index in [-0.39, 0.29) is 11.9 Å². The molecule has 0 aromatic carbocycles. The van der Waals surface area contributed by atoms with Crippen LogP contribution in [0.1, 0.15) is 45.1 Å². The fraction of sp³-hybridized carbons (Fsp3) is 0.385. The lowest BCUT2D eigenvalue weighted by atomic mass is 10.2. The molecule has 1 amide bonds. The number of carbonyl (C=O) groups excluding carboxylic acids is 1. The summed E-state index contributed by atoms with van der Waals surface area (Å²) in [6.07, 6.45) is 7.02. The number of fused-ring (bicyclic) bond motifs is 1. The highest BCUT2D eigenvalue weighted by molar-refractivity contribution is 7.14. The second kappa shape index (κ2) is 4.57. The Hall–Kier alpha value is -1.62. The maximum atomic E-state index is 12.1. The van der Waals surface area contributed by atoms with E-state index in [0.29, 0.717) is 0 Å². The summed E-state index contributed by atoms with van der Waals surface area (Å²) in [5, 5.41) is 9.65. The Bertz CT molecular complexity index is 537. The van der Waals surface area contributed by atoms with E-state index in [4.69, 9.17) is 0 Å². The van der Waals surface area contributed by atoms with Gasteiger partial charge in [0.1, 0.15) is 0 Å². The zero-order valence-corrected chi connectivity index (χ0v) is 11.0. The molecule has 3 rings (SSSR count). The summed E-state index contributed by atoms with van der Waals surface area (Å²) in [5.41, 5.74) is 2.36. The largest absolute Gasteiger partial charge is 0.345 e. The molecule has 2 aromatic heterocycles. The molecule has 94 valence electrons. The van der Waals surface area contributed by atoms with Crippen LogP contribution in [0.25, 0.3) is 0 Å². The van der Waals surface area contributed by atoms with Crippen LogP contribution >= 0.6 is 11.3 Å². The minimum absolute atomic E-state index is 0.0168. The standard InChI is InChI=1S/C13H15N3OS/c1-8(10-6-14-15-7-10)16-13(17)12-5-9-3-2-4-11(9)18-12/h5-8H,2-4H2,1H3,(H,14,15)(H,16,17). The molecular weight excluding hydrogens is 246 g/mol. The maximum absolute atomic E-state index is 12.1. The van der Waals surface area contributed by atoms with E-state index >= 15 is 0 Å². The number of nitrogens with one attached hydrogen (secondary N) is 2. The van der Waals surface area contributed by atoms with Crippen molar-refractivity contribution in [1.29, 1.82) is 0 Å². The molecule has 1 unspecified atom stereocenters. The van der Waals surface area contributed by atoms with Crippen LogP contribution in [-0.2, 0) is 12.8 Å². The Morgan fingerprint density at radius 2 is 2.44 bits per heavy atom. The minimum atomic E-state index is -0.0202. The fourth-order valence-corrected chi connectivity index (χ4v) is 3.45. The van der Waals surface area contributed by atoms with E-state index in [0.717, 1.165) is 23.3 Å². The zero-order chi connectivity index (χ0) is 12.5. The van der Waals surface area contributed by atoms with Crippen molar-refractivity contribution in [2.24, 2.45) is 0 Å². The third kappa shape index (κ3) is 2.06. The summed E-state index contributed by atoms with van der Waals surface area (Å²) in [7, 11) is 0. The molecule has 0 saturated carbocycles. The molecule has 2 N–H and O–H groups in total. The Labute approximate surface area is 109 Å². The van der Waals surface area contributed by atoms with Crippen LogP contribution in [0.2, 0.25) is 0 Å². The maximum Gasteiger partial charge on any atom is 0.261 e. The molecule has 0 spiro atoms. The molecule has 2 aromatic rings. The number of thiophene rings is 1. The molecule has 2 heterocycles. The molecule has 0 radical (unpaired) electrons. The molecule has 18 heavy (non-hydrogen) atoms. The SMILES string of the molecule is CC(NC(=O)c1cc2c(s1)CCC2)c1cn[nH]c1. The van der Waals surface area contributed by atoms with Crippen LogP contribution in [0, 0.1) is 0 Å². The molecule has 5 heteroatoms. The number of hydrogen-bond acceptors (Lipinski definition) is 3. The Morgan fingerprint density at radius 1 is 1.56 bits per heavy atom. The summed E-state index contributed by atoms with van der Waals surface area (Å²) in [5.74, 6) is 0.0168. The summed E-state index contributed by atoms with van der Waals surface area (Å²) in [6, 6.07) is 2.03. The molecule has 1 aliphatic carbocycles. The zero-order valence-electron chi connectivity index (χ0n) is 10.2. The number of rotatable bonds is 3. The third-order valence-electron chi connectivity index (χ3n) is 3.34. The van der Waals surface area contributed by atoms with Gasteiger partial charge in [0.05, 0.1) is 17.1 Å². The smallest absolute Gasteiger partial charge is 0.261 e. The highest BCUT2D eigenvalue weighted by Crippen LogP contribution is 2.30. The molecule has 0 fully saturated rings. The average Bonchev–Trinajstić information content (AvgIpc) is 3.05. The van der Waals surface area contributed by atoms with Crippen molar-refractivity contribution in [3.8, 4) is 0 Å². The van der Waals surface area contributed by atoms with Gasteiger partial charge in [-0.1, -0.05) is 0 Å². The first-order valence-corrected chi connectivity index (χ1v) is 6.97. The van der Waals surface area contributed by atoms with Gasteiger partial charge in [0, 0.05) is 16.6 Å². The van der Waals surface area contributed by atoms with Crippen molar-refractivity contribution in [3.63, 3.8) is 0 Å². The van der Waals surface area contributed by atoms with E-state index < -0.39 is 0 Å². The number of nitrogens with zero attached hydrogens (tertiary/aromatic N) is 1. The lowest BCUT2D eigenvalue weighted by molar-refractivity contribution is 0.0944. The minimum Gasteiger partial charge on any atom is -0.345 e. The van der Waals surface area contributed by atoms with E-state index in [2.05, 4.69) is 15.5 Å². The first kappa shape index (κ1) is 11.5. The van der Waals surface area contributed by atoms with Gasteiger partial charge >= 0.3 is 0 Å². The summed E-state index contributed by atoms with van der Waals surface area (Å²) in [4.78, 5) is 14.3. The number of carbonyl (C=O) groups is 1. The number of hydrogen-bond donors (Lipinski definition) is 2. The van der Waals surface area contributed by atoms with Crippen LogP contribution in [-0.4, -0.2) is 16.1 Å². The van der Waals surface area contributed by atoms with Gasteiger partial charge in [-0.2, -0.15) is 5.10 Å². The Kier molecular flexibility index (Phi) is 2.91. The molecule has 1 aliphatic rings. The predicted octanol–water partition coefficient (Wildman–Crippen LogP) is 2.45. The van der Waals surface area contributed by atoms with Crippen molar-refractivity contribution in [1.82, 2.24) is 15.5 Å². The number of aromatic nitrogens is 2. The topological polar surface area (TPSA) is 57.8 Å². The van der Waals surface area contributed by atoms with Crippen LogP contribution in [0.3, 0.4) is 0 Å². The summed E-state index contributed by atoms with van der Waals surface area (Å²) in [6.45, 7) is 1.96. The van der Waals surface area contributed by atoms with Crippen molar-refractivity contribution >= 4 is 17.2 Å². The van der Waals surface area contributed by atoms with Gasteiger partial charge in [0.15, 0.2) is 0 Å². The van der Waals surface area contributed by atoms with E-state index in [1.54, 1.807) is 23.7 Å². The lowest BCUT2D eigenvalue weighted by Crippen LogP contribution is -2.25. The van der Waals surface area contributed by atoms with Crippen LogP contribution in [0.4, 0.5) is 0 Å². The molecule has 0 saturated heterocycles. The van der Waals surface area contributed by atoms with Gasteiger partial charge in [-0.3, -0.25) is 9.89 Å². The normalized spacial score (nSPS) is 15.4. The van der Waals surface area contributed by atoms with Crippen molar-refractivity contribution in [3.05, 3.63) is 39.3 Å². The molecule has 0 aliphatic heterocycles. The van der Waals surface area contributed by atoms with Crippen molar-refractivity contribution in [2.45, 2.75) is 32.2 Å². The van der Waals surface area contributed by atoms with Crippen molar-refractivity contribution in [2.75, 3.05) is 0 Å². The summed E-state index contributed by atoms with van der Waals surface area (Å²) >= 11 is 1.63. The highest BCUT2D eigenvalue weighted by Gasteiger charge is 2.19. The van der Waals surface area contributed by atoms with Gasteiger partial charge in [-0.25, -0.2) is 0 Å². The van der Waals surface area contributed by atoms with E-state index in [9.17, 15) is 4.79 Å². The van der Waals surface area contributed by atoms with Crippen molar-refractivity contribution < 1.29 is 4.79 Å². The number of H-pyrrole nitrogens is 1. The first-order chi connectivity index (χ1) is 8.74. The second-order valence-electron chi connectivity index (χ2n) is 4.64. The molecule has 0 bridgehead atoms. The number of aromatic amines is 1. The van der Waals surface area contributed by atoms with Gasteiger partial charge in [0.2, 0.25) is 0 Å². The molecule has 1 atom stereocenters. The van der Waals surface area contributed by atoms with Gasteiger partial charge in [-0.15, -0.1) is 11.3 Å². The molecular formula is C13H15N3OS. The van der Waals surface area contributed by atoms with Crippen LogP contribution < -0.4 is 5.32 Å². The number of aryl methyl sites for hydroxylation is 2. The molecule has 4 nitrogen and oxygen atoms in total. The first-order valence-electron chi connectivity index (χ1n) is 6.15. The van der Waals surface area contributed by atoms with Crippen LogP contribution in [0.15, 0.2) is 18.5 Å². The Balaban J connectivity index is 1.71. The predicted molar refractivity (Wildman–Crippen MR) is 70.8 cm³/mol. The van der Waals surface area contributed by atoms with Gasteiger partial charge in [0.25, 0.3) is 5.91 Å². The van der Waals surface area contributed by atoms with Crippen LogP contribution in [0.5, 0.6) is 0 Å². The fourth-order valence-electron chi connectivity index (χ4n) is 2.29. The van der Waals surface area contributed by atoms with Gasteiger partial charge in [-0.05, 0) is 37.8 Å².